The van der Waals surface area contributed by atoms with Crippen molar-refractivity contribution < 1.29 is 37.0 Å². The first-order valence-electron chi connectivity index (χ1n) is 17.1. The molecule has 1 heterocycles. The molecule has 0 fully saturated rings. The lowest BCUT2D eigenvalue weighted by Gasteiger charge is -2.31. The van der Waals surface area contributed by atoms with Crippen LogP contribution in [0.5, 0.6) is 11.5 Å². The summed E-state index contributed by atoms with van der Waals surface area (Å²) in [6.07, 6.45) is -4.91. The number of aromatic nitrogens is 2. The van der Waals surface area contributed by atoms with Gasteiger partial charge in [0.25, 0.3) is 5.56 Å². The quantitative estimate of drug-likeness (QED) is 0.123. The van der Waals surface area contributed by atoms with E-state index in [-0.39, 0.29) is 34.0 Å². The highest BCUT2D eigenvalue weighted by Gasteiger charge is 2.35. The van der Waals surface area contributed by atoms with E-state index < -0.39 is 35.2 Å². The monoisotopic (exact) mass is 817 g/mol. The molecule has 14 heteroatoms. The number of methoxy groups -OCH3 is 1. The highest BCUT2D eigenvalue weighted by molar-refractivity contribution is 9.10. The minimum Gasteiger partial charge on any atom is -0.489 e. The Morgan fingerprint density at radius 3 is 2.06 bits per heavy atom. The van der Waals surface area contributed by atoms with E-state index in [2.05, 4.69) is 21.2 Å². The molecule has 2 unspecified atom stereocenters. The molecule has 1 amide bonds. The van der Waals surface area contributed by atoms with Crippen molar-refractivity contribution in [1.82, 2.24) is 14.5 Å². The molecule has 0 saturated carbocycles. The van der Waals surface area contributed by atoms with Crippen LogP contribution in [0.4, 0.5) is 13.2 Å². The summed E-state index contributed by atoms with van der Waals surface area (Å²) in [6.45, 7) is 13.8. The fourth-order valence-electron chi connectivity index (χ4n) is 5.13. The van der Waals surface area contributed by atoms with Crippen LogP contribution in [-0.4, -0.2) is 39.1 Å². The molecule has 0 bridgehead atoms. The third kappa shape index (κ3) is 11.3. The van der Waals surface area contributed by atoms with Gasteiger partial charge in [-0.15, -0.1) is 0 Å². The Labute approximate surface area is 321 Å². The predicted molar refractivity (Wildman–Crippen MR) is 204 cm³/mol. The molecule has 0 saturated heterocycles. The van der Waals surface area contributed by atoms with E-state index in [0.717, 1.165) is 24.6 Å². The van der Waals surface area contributed by atoms with Crippen molar-refractivity contribution in [1.29, 1.82) is 0 Å². The van der Waals surface area contributed by atoms with Gasteiger partial charge in [-0.3, -0.25) is 14.2 Å². The second-order valence-electron chi connectivity index (χ2n) is 14.1. The lowest BCUT2D eigenvalue weighted by molar-refractivity contribution is -0.148. The SMILES string of the molecule is CC(C)(NC(=O)C(Br)C(C)(C)C)c1ccccc1.CCc1ccc(COc2ccc(-n3c(=O)cc(C(F)(F)F)n(C)c3=O)cc2)c(OC(C)C(=O)OC)c1. The molecule has 54 heavy (non-hydrogen) atoms. The lowest BCUT2D eigenvalue weighted by Crippen LogP contribution is -2.47. The Bertz CT molecular complexity index is 2020. The molecular weight excluding hydrogens is 771 g/mol. The summed E-state index contributed by atoms with van der Waals surface area (Å²) in [5, 5.41) is 3.09. The predicted octanol–water partition coefficient (Wildman–Crippen LogP) is 7.48. The molecule has 10 nitrogen and oxygen atoms in total. The van der Waals surface area contributed by atoms with Gasteiger partial charge in [-0.05, 0) is 74.1 Å². The third-order valence-electron chi connectivity index (χ3n) is 8.40. The third-order valence-corrected chi connectivity index (χ3v) is 10.2. The second-order valence-corrected chi connectivity index (χ2v) is 15.0. The van der Waals surface area contributed by atoms with Crippen LogP contribution in [0.25, 0.3) is 5.69 Å². The fraction of sp³-hybridized carbons (Fsp3) is 0.400. The topological polar surface area (TPSA) is 118 Å². The van der Waals surface area contributed by atoms with Crippen LogP contribution in [-0.2, 0) is 46.1 Å². The molecule has 2 atom stereocenters. The van der Waals surface area contributed by atoms with Crippen molar-refractivity contribution in [2.45, 2.75) is 84.1 Å². The minimum absolute atomic E-state index is 0.0244. The Balaban J connectivity index is 0.000000366. The molecule has 0 radical (unpaired) electrons. The van der Waals surface area contributed by atoms with Crippen LogP contribution in [0.3, 0.4) is 0 Å². The standard InChI is InChI=1S/C25H25F3N2O6.C15H22BrNO/c1-5-16-6-7-17(20(12-16)36-15(2)23(32)34-4)14-35-19-10-8-18(9-11-19)30-22(31)13-21(25(26,27)28)29(3)24(30)33;1-14(2,3)12(16)13(18)17-15(4,5)11-9-7-6-8-10-11/h6-13,15H,5,14H2,1-4H3;6-10,12H,1-5H3,(H,17,18). The van der Waals surface area contributed by atoms with E-state index in [1.165, 1.54) is 31.4 Å². The summed E-state index contributed by atoms with van der Waals surface area (Å²) >= 11 is 3.48. The molecule has 1 N–H and O–H groups in total. The average molecular weight is 819 g/mol. The molecule has 4 rings (SSSR count). The number of esters is 1. The summed E-state index contributed by atoms with van der Waals surface area (Å²) in [6, 6.07) is 21.7. The molecule has 0 spiro atoms. The molecule has 0 aliphatic rings. The number of amides is 1. The number of carbonyl (C=O) groups excluding carboxylic acids is 2. The van der Waals surface area contributed by atoms with Crippen LogP contribution < -0.4 is 26.0 Å². The van der Waals surface area contributed by atoms with E-state index in [1.54, 1.807) is 6.92 Å². The summed E-state index contributed by atoms with van der Waals surface area (Å²) in [5.41, 5.74) is -1.16. The van der Waals surface area contributed by atoms with Crippen molar-refractivity contribution in [3.05, 3.63) is 122 Å². The maximum absolute atomic E-state index is 13.1. The smallest absolute Gasteiger partial charge is 0.431 e. The molecule has 3 aromatic carbocycles. The molecule has 4 aromatic rings. The number of ether oxygens (including phenoxy) is 3. The van der Waals surface area contributed by atoms with Crippen molar-refractivity contribution >= 4 is 27.8 Å². The number of rotatable bonds is 11. The van der Waals surface area contributed by atoms with E-state index in [1.807, 2.05) is 90.1 Å². The normalized spacial score (nSPS) is 12.8. The number of nitrogens with zero attached hydrogens (tertiary/aromatic N) is 2. The van der Waals surface area contributed by atoms with E-state index in [0.29, 0.717) is 32.3 Å². The first kappa shape index (κ1) is 43.6. The highest BCUT2D eigenvalue weighted by Crippen LogP contribution is 2.29. The zero-order valence-electron chi connectivity index (χ0n) is 31.8. The summed E-state index contributed by atoms with van der Waals surface area (Å²) in [7, 11) is 2.22. The van der Waals surface area contributed by atoms with Crippen LogP contribution in [0, 0.1) is 5.41 Å². The van der Waals surface area contributed by atoms with Gasteiger partial charge >= 0.3 is 17.8 Å². The van der Waals surface area contributed by atoms with E-state index in [4.69, 9.17) is 14.2 Å². The Morgan fingerprint density at radius 2 is 1.52 bits per heavy atom. The number of nitrogens with one attached hydrogen (secondary N) is 1. The first-order chi connectivity index (χ1) is 25.1. The number of alkyl halides is 4. The van der Waals surface area contributed by atoms with Crippen molar-refractivity contribution in [2.75, 3.05) is 7.11 Å². The van der Waals surface area contributed by atoms with Gasteiger partial charge in [0.1, 0.15) is 23.8 Å². The number of aryl methyl sites for hydroxylation is 1. The summed E-state index contributed by atoms with van der Waals surface area (Å²) < 4.78 is 56.5. The van der Waals surface area contributed by atoms with Gasteiger partial charge < -0.3 is 19.5 Å². The highest BCUT2D eigenvalue weighted by atomic mass is 79.9. The van der Waals surface area contributed by atoms with Gasteiger partial charge in [-0.25, -0.2) is 14.2 Å². The maximum atomic E-state index is 13.1. The zero-order valence-corrected chi connectivity index (χ0v) is 33.4. The van der Waals surface area contributed by atoms with Crippen LogP contribution in [0.1, 0.15) is 70.9 Å². The number of benzene rings is 3. The molecule has 1 aromatic heterocycles. The van der Waals surface area contributed by atoms with Crippen molar-refractivity contribution in [3.8, 4) is 17.2 Å². The summed E-state index contributed by atoms with van der Waals surface area (Å²) in [4.78, 5) is 48.5. The molecule has 0 aliphatic carbocycles. The Kier molecular flexibility index (Phi) is 14.5. The molecular formula is C40H47BrF3N3O7. The van der Waals surface area contributed by atoms with Crippen LogP contribution in [0.2, 0.25) is 0 Å². The number of halogens is 4. The minimum atomic E-state index is -4.84. The van der Waals surface area contributed by atoms with Gasteiger partial charge in [0.15, 0.2) is 6.10 Å². The van der Waals surface area contributed by atoms with Gasteiger partial charge in [0.05, 0.1) is 23.2 Å². The average Bonchev–Trinajstić information content (AvgIpc) is 3.12. The molecule has 292 valence electrons. The molecule has 0 aliphatic heterocycles. The number of hydrogen-bond acceptors (Lipinski definition) is 7. The summed E-state index contributed by atoms with van der Waals surface area (Å²) in [5.74, 6) is 0.339. The second kappa shape index (κ2) is 18.0. The number of carbonyl (C=O) groups is 2. The van der Waals surface area contributed by atoms with Crippen molar-refractivity contribution in [3.63, 3.8) is 0 Å². The lowest BCUT2D eigenvalue weighted by atomic mass is 9.89. The van der Waals surface area contributed by atoms with E-state index in [9.17, 15) is 32.3 Å². The van der Waals surface area contributed by atoms with Crippen LogP contribution >= 0.6 is 15.9 Å². The van der Waals surface area contributed by atoms with Gasteiger partial charge in [-0.1, -0.05) is 86.1 Å². The Hall–Kier alpha value is -4.85. The van der Waals surface area contributed by atoms with Gasteiger partial charge in [-0.2, -0.15) is 13.2 Å². The van der Waals surface area contributed by atoms with Crippen molar-refractivity contribution in [2.24, 2.45) is 12.5 Å². The first-order valence-corrected chi connectivity index (χ1v) is 18.0. The largest absolute Gasteiger partial charge is 0.489 e. The van der Waals surface area contributed by atoms with Gasteiger partial charge in [0.2, 0.25) is 5.91 Å². The van der Waals surface area contributed by atoms with E-state index >= 15 is 0 Å². The zero-order chi connectivity index (χ0) is 40.6. The maximum Gasteiger partial charge on any atom is 0.431 e. The fourth-order valence-corrected chi connectivity index (χ4v) is 5.25. The Morgan fingerprint density at radius 1 is 0.907 bits per heavy atom. The van der Waals surface area contributed by atoms with Crippen LogP contribution in [0.15, 0.2) is 88.5 Å². The number of hydrogen-bond donors (Lipinski definition) is 1. The van der Waals surface area contributed by atoms with Gasteiger partial charge in [0, 0.05) is 18.7 Å².